The van der Waals surface area contributed by atoms with E-state index in [9.17, 15) is 14.4 Å². The van der Waals surface area contributed by atoms with Crippen LogP contribution in [0.4, 0.5) is 4.79 Å². The fourth-order valence-corrected chi connectivity index (χ4v) is 5.29. The third-order valence-corrected chi connectivity index (χ3v) is 6.22. The molecule has 1 spiro atoms. The highest BCUT2D eigenvalue weighted by Crippen LogP contribution is 2.46. The van der Waals surface area contributed by atoms with Crippen molar-refractivity contribution in [3.8, 4) is 11.5 Å². The molecule has 2 aromatic carbocycles. The summed E-state index contributed by atoms with van der Waals surface area (Å²) in [5, 5.41) is 2.87. The van der Waals surface area contributed by atoms with Gasteiger partial charge in [-0.2, -0.15) is 0 Å². The molecule has 1 saturated heterocycles. The minimum absolute atomic E-state index is 0.0680. The first kappa shape index (κ1) is 22.8. The Morgan fingerprint density at radius 1 is 1.03 bits per heavy atom. The molecular weight excluding hydrogens is 420 g/mol. The zero-order valence-corrected chi connectivity index (χ0v) is 19.3. The van der Waals surface area contributed by atoms with Crippen LogP contribution in [0.5, 0.6) is 11.5 Å². The number of imide groups is 1. The zero-order chi connectivity index (χ0) is 23.6. The molecule has 7 nitrogen and oxygen atoms in total. The summed E-state index contributed by atoms with van der Waals surface area (Å²) < 4.78 is 11.1. The van der Waals surface area contributed by atoms with Crippen molar-refractivity contribution < 1.29 is 23.9 Å². The number of carbonyl (C=O) groups excluding carboxylic acids is 3. The zero-order valence-electron chi connectivity index (χ0n) is 19.3. The second-order valence-corrected chi connectivity index (χ2v) is 9.98. The lowest BCUT2D eigenvalue weighted by molar-refractivity contribution is -0.142. The molecule has 1 aliphatic heterocycles. The Morgan fingerprint density at radius 2 is 1.70 bits per heavy atom. The topological polar surface area (TPSA) is 84.9 Å². The number of rotatable bonds is 6. The highest BCUT2D eigenvalue weighted by molar-refractivity contribution is 6.08. The number of carbonyl (C=O) groups is 3. The maximum Gasteiger partial charge on any atom is 0.331 e. The van der Waals surface area contributed by atoms with Crippen LogP contribution in [-0.2, 0) is 16.2 Å². The van der Waals surface area contributed by atoms with Crippen LogP contribution < -0.4 is 14.8 Å². The molecule has 2 atom stereocenters. The summed E-state index contributed by atoms with van der Waals surface area (Å²) in [7, 11) is 0. The van der Waals surface area contributed by atoms with Gasteiger partial charge < -0.3 is 14.8 Å². The van der Waals surface area contributed by atoms with Gasteiger partial charge in [0.05, 0.1) is 0 Å². The molecule has 2 aromatic rings. The summed E-state index contributed by atoms with van der Waals surface area (Å²) in [6.07, 6.45) is 2.13. The van der Waals surface area contributed by atoms with Gasteiger partial charge in [0.25, 0.3) is 5.91 Å². The molecule has 4 rings (SSSR count). The van der Waals surface area contributed by atoms with Crippen LogP contribution in [0.15, 0.2) is 54.6 Å². The molecule has 3 amide bonds. The average molecular weight is 451 g/mol. The Hall–Kier alpha value is -3.35. The second-order valence-electron chi connectivity index (χ2n) is 9.98. The van der Waals surface area contributed by atoms with Crippen LogP contribution in [0.2, 0.25) is 0 Å². The molecule has 7 heteroatoms. The van der Waals surface area contributed by atoms with Crippen LogP contribution in [0.1, 0.15) is 45.6 Å². The third kappa shape index (κ3) is 5.18. The highest BCUT2D eigenvalue weighted by Gasteiger charge is 2.56. The fraction of sp³-hybridized carbons (Fsp3) is 0.423. The molecule has 1 N–H and O–H groups in total. The Labute approximate surface area is 194 Å². The second kappa shape index (κ2) is 8.89. The van der Waals surface area contributed by atoms with Crippen molar-refractivity contribution in [2.75, 3.05) is 6.54 Å². The van der Waals surface area contributed by atoms with Gasteiger partial charge in [-0.05, 0) is 60.4 Å². The van der Waals surface area contributed by atoms with Crippen molar-refractivity contribution in [1.29, 1.82) is 0 Å². The van der Waals surface area contributed by atoms with Gasteiger partial charge in [0.2, 0.25) is 0 Å². The monoisotopic (exact) mass is 450 g/mol. The van der Waals surface area contributed by atoms with Gasteiger partial charge in [-0.3, -0.25) is 9.69 Å². The molecule has 2 aliphatic rings. The lowest BCUT2D eigenvalue weighted by Gasteiger charge is -2.43. The first-order valence-electron chi connectivity index (χ1n) is 11.3. The van der Waals surface area contributed by atoms with Gasteiger partial charge in [-0.1, -0.05) is 51.1 Å². The van der Waals surface area contributed by atoms with Gasteiger partial charge >= 0.3 is 12.0 Å². The predicted octanol–water partition coefficient (Wildman–Crippen LogP) is 4.31. The first-order chi connectivity index (χ1) is 15.7. The maximum atomic E-state index is 13.2. The summed E-state index contributed by atoms with van der Waals surface area (Å²) in [4.78, 5) is 39.2. The third-order valence-electron chi connectivity index (χ3n) is 6.22. The Morgan fingerprint density at radius 3 is 2.36 bits per heavy atom. The smallest absolute Gasteiger partial charge is 0.331 e. The van der Waals surface area contributed by atoms with E-state index in [4.69, 9.17) is 9.47 Å². The number of hydrogen-bond acceptors (Lipinski definition) is 5. The Bertz CT molecular complexity index is 1030. The van der Waals surface area contributed by atoms with Crippen molar-refractivity contribution in [2.45, 2.75) is 52.2 Å². The number of hydrogen-bond donors (Lipinski definition) is 1. The molecule has 1 aliphatic carbocycles. The maximum absolute atomic E-state index is 13.2. The molecule has 0 unspecified atom stereocenters. The van der Waals surface area contributed by atoms with Crippen LogP contribution >= 0.6 is 0 Å². The van der Waals surface area contributed by atoms with Crippen molar-refractivity contribution in [3.63, 3.8) is 0 Å². The summed E-state index contributed by atoms with van der Waals surface area (Å²) in [5.41, 5.74) is 0.0487. The fourth-order valence-electron chi connectivity index (χ4n) is 5.29. The van der Waals surface area contributed by atoms with E-state index in [-0.39, 0.29) is 11.3 Å². The van der Waals surface area contributed by atoms with Gasteiger partial charge in [0, 0.05) is 0 Å². The number of amides is 3. The molecular formula is C26H30N2O5. The average Bonchev–Trinajstić information content (AvgIpc) is 2.95. The van der Waals surface area contributed by atoms with Crippen molar-refractivity contribution in [2.24, 2.45) is 11.3 Å². The van der Waals surface area contributed by atoms with Gasteiger partial charge in [-0.15, -0.1) is 0 Å². The summed E-state index contributed by atoms with van der Waals surface area (Å²) in [6, 6.07) is 15.9. The normalized spacial score (nSPS) is 24.0. The molecule has 33 heavy (non-hydrogen) atoms. The standard InChI is InChI=1S/C26H30N2O5/c1-18-13-25(2,3)17-26(14-18)23(30)28(24(31)27-26)15-22(29)33-21-11-9-20(10-12-21)32-16-19-7-5-4-6-8-19/h4-12,18H,13-17H2,1-3H3,(H,27,31)/t18-,26+/m1/s1. The minimum atomic E-state index is -0.934. The van der Waals surface area contributed by atoms with Crippen LogP contribution in [0.25, 0.3) is 0 Å². The van der Waals surface area contributed by atoms with Gasteiger partial charge in [-0.25, -0.2) is 9.59 Å². The molecule has 0 aromatic heterocycles. The molecule has 0 radical (unpaired) electrons. The van der Waals surface area contributed by atoms with E-state index in [1.807, 2.05) is 30.3 Å². The largest absolute Gasteiger partial charge is 0.489 e. The highest BCUT2D eigenvalue weighted by atomic mass is 16.5. The van der Waals surface area contributed by atoms with Crippen molar-refractivity contribution in [1.82, 2.24) is 10.2 Å². The number of benzene rings is 2. The minimum Gasteiger partial charge on any atom is -0.489 e. The molecule has 2 fully saturated rings. The Balaban J connectivity index is 1.34. The van der Waals surface area contributed by atoms with Crippen LogP contribution in [0.3, 0.4) is 0 Å². The SMILES string of the molecule is C[C@@H]1CC(C)(C)C[C@]2(C1)NC(=O)N(CC(=O)Oc1ccc(OCc3ccccc3)cc1)C2=O. The van der Waals surface area contributed by atoms with Gasteiger partial charge in [0.1, 0.15) is 30.2 Å². The lowest BCUT2D eigenvalue weighted by Crippen LogP contribution is -2.54. The van der Waals surface area contributed by atoms with Crippen molar-refractivity contribution >= 4 is 17.9 Å². The number of ether oxygens (including phenoxy) is 2. The number of nitrogens with one attached hydrogen (secondary N) is 1. The number of esters is 1. The predicted molar refractivity (Wildman–Crippen MR) is 123 cm³/mol. The van der Waals surface area contributed by atoms with E-state index in [1.165, 1.54) is 0 Å². The summed E-state index contributed by atoms with van der Waals surface area (Å²) in [6.45, 7) is 6.31. The Kier molecular flexibility index (Phi) is 6.15. The quantitative estimate of drug-likeness (QED) is 0.403. The van der Waals surface area contributed by atoms with E-state index >= 15 is 0 Å². The van der Waals surface area contributed by atoms with E-state index in [2.05, 4.69) is 26.1 Å². The summed E-state index contributed by atoms with van der Waals surface area (Å²) >= 11 is 0. The van der Waals surface area contributed by atoms with Gasteiger partial charge in [0.15, 0.2) is 0 Å². The molecule has 1 heterocycles. The summed E-state index contributed by atoms with van der Waals surface area (Å²) in [5.74, 6) is 0.253. The van der Waals surface area contributed by atoms with E-state index in [1.54, 1.807) is 24.3 Å². The van der Waals surface area contributed by atoms with Crippen LogP contribution in [0, 0.1) is 11.3 Å². The van der Waals surface area contributed by atoms with E-state index in [0.717, 1.165) is 16.9 Å². The molecule has 0 bridgehead atoms. The number of urea groups is 1. The van der Waals surface area contributed by atoms with E-state index in [0.29, 0.717) is 36.9 Å². The molecule has 174 valence electrons. The van der Waals surface area contributed by atoms with Crippen molar-refractivity contribution in [3.05, 3.63) is 60.2 Å². The van der Waals surface area contributed by atoms with Crippen LogP contribution in [-0.4, -0.2) is 34.9 Å². The number of nitrogens with zero attached hydrogens (tertiary/aromatic N) is 1. The lowest BCUT2D eigenvalue weighted by atomic mass is 9.64. The molecule has 1 saturated carbocycles. The first-order valence-corrected chi connectivity index (χ1v) is 11.3. The van der Waals surface area contributed by atoms with E-state index < -0.39 is 24.1 Å².